The second kappa shape index (κ2) is 9.22. The molecule has 27 heavy (non-hydrogen) atoms. The SMILES string of the molecule is C=CCN1C(=O)N/C(=C/c2cc(OC)c(OCC(=O)OCC)cc2Br)C1=O. The van der Waals surface area contributed by atoms with E-state index in [1.807, 2.05) is 0 Å². The molecule has 1 heterocycles. The number of amides is 3. The molecule has 0 radical (unpaired) electrons. The molecule has 0 saturated carbocycles. The summed E-state index contributed by atoms with van der Waals surface area (Å²) in [5, 5.41) is 2.52. The Kier molecular flexibility index (Phi) is 7.00. The summed E-state index contributed by atoms with van der Waals surface area (Å²) in [6, 6.07) is 2.71. The van der Waals surface area contributed by atoms with Gasteiger partial charge in [-0.25, -0.2) is 9.59 Å². The second-order valence-electron chi connectivity index (χ2n) is 5.31. The molecule has 1 aromatic rings. The number of carbonyl (C=O) groups is 3. The van der Waals surface area contributed by atoms with Crippen LogP contribution in [-0.2, 0) is 14.3 Å². The first-order valence-electron chi connectivity index (χ1n) is 8.02. The maximum Gasteiger partial charge on any atom is 0.344 e. The summed E-state index contributed by atoms with van der Waals surface area (Å²) < 4.78 is 16.1. The van der Waals surface area contributed by atoms with Gasteiger partial charge >= 0.3 is 12.0 Å². The average Bonchev–Trinajstić information content (AvgIpc) is 2.89. The van der Waals surface area contributed by atoms with Gasteiger partial charge < -0.3 is 19.5 Å². The van der Waals surface area contributed by atoms with Crippen molar-refractivity contribution in [1.82, 2.24) is 10.2 Å². The molecule has 2 rings (SSSR count). The number of rotatable bonds is 8. The number of halogens is 1. The molecule has 0 unspecified atom stereocenters. The summed E-state index contributed by atoms with van der Waals surface area (Å²) >= 11 is 3.39. The summed E-state index contributed by atoms with van der Waals surface area (Å²) in [7, 11) is 1.45. The van der Waals surface area contributed by atoms with Gasteiger partial charge in [0.1, 0.15) is 5.70 Å². The van der Waals surface area contributed by atoms with Gasteiger partial charge in [0.15, 0.2) is 18.1 Å². The minimum atomic E-state index is -0.511. The Labute approximate surface area is 164 Å². The molecule has 3 amide bonds. The minimum Gasteiger partial charge on any atom is -0.493 e. The van der Waals surface area contributed by atoms with E-state index in [9.17, 15) is 14.4 Å². The average molecular weight is 439 g/mol. The van der Waals surface area contributed by atoms with Crippen molar-refractivity contribution in [2.24, 2.45) is 0 Å². The normalized spacial score (nSPS) is 14.9. The highest BCUT2D eigenvalue weighted by Gasteiger charge is 2.32. The molecule has 1 saturated heterocycles. The second-order valence-corrected chi connectivity index (χ2v) is 6.17. The van der Waals surface area contributed by atoms with E-state index in [4.69, 9.17) is 14.2 Å². The molecule has 1 N–H and O–H groups in total. The molecule has 8 nitrogen and oxygen atoms in total. The molecule has 0 aromatic heterocycles. The quantitative estimate of drug-likeness (QED) is 0.290. The van der Waals surface area contributed by atoms with Crippen LogP contribution < -0.4 is 14.8 Å². The van der Waals surface area contributed by atoms with Crippen molar-refractivity contribution >= 4 is 39.9 Å². The maximum absolute atomic E-state index is 12.3. The standard InChI is InChI=1S/C18H19BrN2O6/c1-4-6-21-17(23)13(20-18(21)24)7-11-8-14(25-3)15(9-12(11)19)27-10-16(22)26-5-2/h4,7-9H,1,5-6,10H2,2-3H3,(H,20,24)/b13-7+. The first-order valence-corrected chi connectivity index (χ1v) is 8.81. The molecular formula is C18H19BrN2O6. The fourth-order valence-corrected chi connectivity index (χ4v) is 2.73. The fourth-order valence-electron chi connectivity index (χ4n) is 2.30. The van der Waals surface area contributed by atoms with E-state index in [2.05, 4.69) is 27.8 Å². The van der Waals surface area contributed by atoms with E-state index < -0.39 is 17.9 Å². The van der Waals surface area contributed by atoms with Crippen LogP contribution in [0.5, 0.6) is 11.5 Å². The first-order chi connectivity index (χ1) is 12.9. The largest absolute Gasteiger partial charge is 0.493 e. The molecule has 1 aliphatic heterocycles. The van der Waals surface area contributed by atoms with E-state index in [0.29, 0.717) is 21.5 Å². The van der Waals surface area contributed by atoms with Crippen molar-refractivity contribution in [2.45, 2.75) is 6.92 Å². The summed E-state index contributed by atoms with van der Waals surface area (Å²) in [4.78, 5) is 36.6. The molecule has 0 atom stereocenters. The lowest BCUT2D eigenvalue weighted by molar-refractivity contribution is -0.145. The lowest BCUT2D eigenvalue weighted by Gasteiger charge is -2.12. The molecule has 1 fully saturated rings. The predicted molar refractivity (Wildman–Crippen MR) is 101 cm³/mol. The Morgan fingerprint density at radius 3 is 2.70 bits per heavy atom. The van der Waals surface area contributed by atoms with Crippen molar-refractivity contribution in [3.63, 3.8) is 0 Å². The van der Waals surface area contributed by atoms with E-state index >= 15 is 0 Å². The van der Waals surface area contributed by atoms with E-state index in [0.717, 1.165) is 4.90 Å². The monoisotopic (exact) mass is 438 g/mol. The van der Waals surface area contributed by atoms with Crippen molar-refractivity contribution in [1.29, 1.82) is 0 Å². The zero-order valence-electron chi connectivity index (χ0n) is 14.9. The van der Waals surface area contributed by atoms with Gasteiger partial charge in [0.25, 0.3) is 5.91 Å². The Bertz CT molecular complexity index is 805. The van der Waals surface area contributed by atoms with E-state index in [1.54, 1.807) is 19.1 Å². The predicted octanol–water partition coefficient (Wildman–Crippen LogP) is 2.48. The van der Waals surface area contributed by atoms with Gasteiger partial charge in [-0.05, 0) is 30.7 Å². The van der Waals surface area contributed by atoms with Crippen molar-refractivity contribution in [3.8, 4) is 11.5 Å². The van der Waals surface area contributed by atoms with Crippen molar-refractivity contribution in [3.05, 3.63) is 40.5 Å². The van der Waals surface area contributed by atoms with Gasteiger partial charge in [-0.15, -0.1) is 6.58 Å². The molecule has 9 heteroatoms. The Balaban J connectivity index is 2.26. The number of nitrogens with one attached hydrogen (secondary N) is 1. The molecule has 144 valence electrons. The van der Waals surface area contributed by atoms with E-state index in [-0.39, 0.29) is 25.5 Å². The number of hydrogen-bond donors (Lipinski definition) is 1. The minimum absolute atomic E-state index is 0.118. The number of benzene rings is 1. The lowest BCUT2D eigenvalue weighted by Crippen LogP contribution is -2.30. The van der Waals surface area contributed by atoms with Crippen LogP contribution in [0.2, 0.25) is 0 Å². The molecule has 0 spiro atoms. The van der Waals surface area contributed by atoms with Gasteiger partial charge in [-0.2, -0.15) is 0 Å². The van der Waals surface area contributed by atoms with Crippen LogP contribution in [0, 0.1) is 0 Å². The number of carbonyl (C=O) groups excluding carboxylic acids is 3. The van der Waals surface area contributed by atoms with Gasteiger partial charge in [0.05, 0.1) is 13.7 Å². The highest BCUT2D eigenvalue weighted by Crippen LogP contribution is 2.35. The van der Waals surface area contributed by atoms with E-state index in [1.165, 1.54) is 19.3 Å². The number of nitrogens with zero attached hydrogens (tertiary/aromatic N) is 1. The maximum atomic E-state index is 12.3. The van der Waals surface area contributed by atoms with Crippen LogP contribution in [0.1, 0.15) is 12.5 Å². The van der Waals surface area contributed by atoms with Crippen LogP contribution in [0.25, 0.3) is 6.08 Å². The summed E-state index contributed by atoms with van der Waals surface area (Å²) in [6.07, 6.45) is 2.99. The van der Waals surface area contributed by atoms with Crippen molar-refractivity contribution in [2.75, 3.05) is 26.9 Å². The number of ether oxygens (including phenoxy) is 3. The Morgan fingerprint density at radius 2 is 2.07 bits per heavy atom. The highest BCUT2D eigenvalue weighted by molar-refractivity contribution is 9.10. The first kappa shape index (κ1) is 20.5. The Hall–Kier alpha value is -2.81. The number of hydrogen-bond acceptors (Lipinski definition) is 6. The zero-order chi connectivity index (χ0) is 20.0. The number of methoxy groups -OCH3 is 1. The van der Waals surface area contributed by atoms with Gasteiger partial charge in [0, 0.05) is 11.0 Å². The topological polar surface area (TPSA) is 94.2 Å². The van der Waals surface area contributed by atoms with Crippen LogP contribution in [-0.4, -0.2) is 49.7 Å². The smallest absolute Gasteiger partial charge is 0.344 e. The fraction of sp³-hybridized carbons (Fsp3) is 0.278. The molecule has 1 aliphatic rings. The number of esters is 1. The van der Waals surface area contributed by atoms with Crippen LogP contribution >= 0.6 is 15.9 Å². The summed E-state index contributed by atoms with van der Waals surface area (Å²) in [6.45, 7) is 5.35. The van der Waals surface area contributed by atoms with Crippen molar-refractivity contribution < 1.29 is 28.6 Å². The zero-order valence-corrected chi connectivity index (χ0v) is 16.5. The molecule has 1 aromatic carbocycles. The van der Waals surface area contributed by atoms with Gasteiger partial charge in [0.2, 0.25) is 0 Å². The number of urea groups is 1. The van der Waals surface area contributed by atoms with Crippen LogP contribution in [0.3, 0.4) is 0 Å². The van der Waals surface area contributed by atoms with Gasteiger partial charge in [-0.1, -0.05) is 22.0 Å². The third-order valence-corrected chi connectivity index (χ3v) is 4.19. The van der Waals surface area contributed by atoms with Crippen LogP contribution in [0.4, 0.5) is 4.79 Å². The molecule has 0 aliphatic carbocycles. The Morgan fingerprint density at radius 1 is 1.33 bits per heavy atom. The number of imide groups is 1. The molecule has 0 bridgehead atoms. The summed E-state index contributed by atoms with van der Waals surface area (Å²) in [5.41, 5.74) is 0.712. The molecular weight excluding hydrogens is 420 g/mol. The third-order valence-electron chi connectivity index (χ3n) is 3.51. The highest BCUT2D eigenvalue weighted by atomic mass is 79.9. The van der Waals surface area contributed by atoms with Gasteiger partial charge in [-0.3, -0.25) is 9.69 Å². The summed E-state index contributed by atoms with van der Waals surface area (Å²) in [5.74, 6) is -0.263. The lowest BCUT2D eigenvalue weighted by atomic mass is 10.1. The third kappa shape index (κ3) is 4.88. The van der Waals surface area contributed by atoms with Crippen LogP contribution in [0.15, 0.2) is 35.0 Å².